The van der Waals surface area contributed by atoms with Gasteiger partial charge in [-0.05, 0) is 37.9 Å². The third kappa shape index (κ3) is 18.8. The van der Waals surface area contributed by atoms with Crippen molar-refractivity contribution in [3.63, 3.8) is 0 Å². The maximum absolute atomic E-state index is 5.68. The van der Waals surface area contributed by atoms with Gasteiger partial charge in [0, 0.05) is 25.3 Å². The lowest BCUT2D eigenvalue weighted by Gasteiger charge is -2.08. The monoisotopic (exact) mass is 363 g/mol. The van der Waals surface area contributed by atoms with E-state index in [1.165, 1.54) is 5.56 Å². The summed E-state index contributed by atoms with van der Waals surface area (Å²) in [7, 11) is 0. The Balaban J connectivity index is 0. The summed E-state index contributed by atoms with van der Waals surface area (Å²) in [5.41, 5.74) is 7.45. The van der Waals surface area contributed by atoms with Gasteiger partial charge < -0.3 is 15.8 Å². The van der Waals surface area contributed by atoms with Gasteiger partial charge in [0.05, 0.1) is 13.2 Å². The van der Waals surface area contributed by atoms with Crippen LogP contribution < -0.4 is 11.1 Å². The summed E-state index contributed by atoms with van der Waals surface area (Å²) >= 11 is 0. The quantitative estimate of drug-likeness (QED) is 0.477. The minimum absolute atomic E-state index is 0.413. The van der Waals surface area contributed by atoms with Crippen molar-refractivity contribution < 1.29 is 4.74 Å². The highest BCUT2D eigenvalue weighted by Crippen LogP contribution is 2.04. The first-order valence-corrected chi connectivity index (χ1v) is 9.85. The molecule has 0 aliphatic rings. The standard InChI is InChI=1S/C16H23NO.C4H12N2.C2H6/c1-4-17-15(3)11-10-14(2)12-18-13-16-8-6-5-7-9-16;1-2-6-4-3-5;1-2/h5-11,14H,4,12-13H2,1-3H3;6H,2-5H2,1H3;1-2H3/b11-10-,17-15?;;. The first kappa shape index (κ1) is 26.7. The van der Waals surface area contributed by atoms with Crippen molar-refractivity contribution in [3.05, 3.63) is 48.0 Å². The lowest BCUT2D eigenvalue weighted by Crippen LogP contribution is -2.21. The van der Waals surface area contributed by atoms with Crippen LogP contribution in [-0.4, -0.2) is 38.5 Å². The zero-order valence-electron chi connectivity index (χ0n) is 17.8. The number of benzene rings is 1. The van der Waals surface area contributed by atoms with Crippen molar-refractivity contribution in [2.24, 2.45) is 16.6 Å². The van der Waals surface area contributed by atoms with Gasteiger partial charge in [-0.3, -0.25) is 4.99 Å². The molecule has 1 aromatic carbocycles. The Morgan fingerprint density at radius 3 is 2.38 bits per heavy atom. The molecule has 1 rings (SSSR count). The first-order chi connectivity index (χ1) is 12.6. The molecule has 1 aromatic rings. The lowest BCUT2D eigenvalue weighted by molar-refractivity contribution is 0.104. The fraction of sp³-hybridized carbons (Fsp3) is 0.591. The average molecular weight is 364 g/mol. The molecule has 0 aliphatic carbocycles. The molecule has 0 fully saturated rings. The minimum Gasteiger partial charge on any atom is -0.376 e. The highest BCUT2D eigenvalue weighted by atomic mass is 16.5. The van der Waals surface area contributed by atoms with Crippen LogP contribution >= 0.6 is 0 Å². The summed E-state index contributed by atoms with van der Waals surface area (Å²) in [6.07, 6.45) is 4.22. The van der Waals surface area contributed by atoms with Crippen molar-refractivity contribution in [1.29, 1.82) is 0 Å². The summed E-state index contributed by atoms with van der Waals surface area (Å²) in [4.78, 5) is 4.31. The second-order valence-electron chi connectivity index (χ2n) is 5.60. The van der Waals surface area contributed by atoms with E-state index in [4.69, 9.17) is 10.5 Å². The summed E-state index contributed by atoms with van der Waals surface area (Å²) in [5.74, 6) is 0.413. The topological polar surface area (TPSA) is 59.6 Å². The van der Waals surface area contributed by atoms with Crippen LogP contribution in [0, 0.1) is 5.92 Å². The molecule has 0 aromatic heterocycles. The van der Waals surface area contributed by atoms with E-state index < -0.39 is 0 Å². The van der Waals surface area contributed by atoms with Gasteiger partial charge in [0.1, 0.15) is 0 Å². The molecule has 0 radical (unpaired) electrons. The van der Waals surface area contributed by atoms with E-state index in [2.05, 4.69) is 48.4 Å². The van der Waals surface area contributed by atoms with E-state index in [9.17, 15) is 0 Å². The Bertz CT molecular complexity index is 440. The summed E-state index contributed by atoms with van der Waals surface area (Å²) in [6, 6.07) is 10.3. The molecule has 0 spiro atoms. The highest BCUT2D eigenvalue weighted by Gasteiger charge is 1.98. The number of nitrogens with one attached hydrogen (secondary N) is 1. The van der Waals surface area contributed by atoms with Gasteiger partial charge in [-0.1, -0.05) is 64.1 Å². The molecule has 0 amide bonds. The average Bonchev–Trinajstić information content (AvgIpc) is 2.68. The van der Waals surface area contributed by atoms with Crippen molar-refractivity contribution >= 4 is 5.71 Å². The van der Waals surface area contributed by atoms with Crippen LogP contribution in [0.3, 0.4) is 0 Å². The molecule has 1 atom stereocenters. The van der Waals surface area contributed by atoms with Crippen LogP contribution in [0.1, 0.15) is 47.1 Å². The van der Waals surface area contributed by atoms with Crippen LogP contribution in [0.15, 0.2) is 47.5 Å². The lowest BCUT2D eigenvalue weighted by atomic mass is 10.1. The molecule has 150 valence electrons. The van der Waals surface area contributed by atoms with Crippen LogP contribution in [0.5, 0.6) is 0 Å². The molecule has 4 heteroatoms. The van der Waals surface area contributed by atoms with E-state index >= 15 is 0 Å². The zero-order chi connectivity index (χ0) is 20.0. The SMILES string of the molecule is CC.CCN=C(C)/C=C\C(C)COCc1ccccc1.CCNCCN. The fourth-order valence-corrected chi connectivity index (χ4v) is 1.88. The van der Waals surface area contributed by atoms with Crippen molar-refractivity contribution in [2.75, 3.05) is 32.8 Å². The molecule has 0 heterocycles. The summed E-state index contributed by atoms with van der Waals surface area (Å²) in [5, 5.41) is 3.07. The molecule has 0 aliphatic heterocycles. The van der Waals surface area contributed by atoms with Crippen molar-refractivity contribution in [3.8, 4) is 0 Å². The molecule has 1 unspecified atom stereocenters. The van der Waals surface area contributed by atoms with Gasteiger partial charge in [0.15, 0.2) is 0 Å². The van der Waals surface area contributed by atoms with Crippen LogP contribution in [0.25, 0.3) is 0 Å². The largest absolute Gasteiger partial charge is 0.376 e. The molecular formula is C22H41N3O. The molecule has 4 nitrogen and oxygen atoms in total. The molecule has 26 heavy (non-hydrogen) atoms. The van der Waals surface area contributed by atoms with Crippen LogP contribution in [0.4, 0.5) is 0 Å². The van der Waals surface area contributed by atoms with E-state index in [0.29, 0.717) is 12.5 Å². The predicted octanol–water partition coefficient (Wildman–Crippen LogP) is 4.46. The number of aliphatic imine (C=N–C) groups is 1. The fourth-order valence-electron chi connectivity index (χ4n) is 1.88. The van der Waals surface area contributed by atoms with Gasteiger partial charge in [-0.25, -0.2) is 0 Å². The summed E-state index contributed by atoms with van der Waals surface area (Å²) < 4.78 is 5.68. The number of ether oxygens (including phenoxy) is 1. The number of nitrogens with zero attached hydrogens (tertiary/aromatic N) is 1. The van der Waals surface area contributed by atoms with Crippen molar-refractivity contribution in [1.82, 2.24) is 5.32 Å². The van der Waals surface area contributed by atoms with E-state index in [1.54, 1.807) is 0 Å². The minimum atomic E-state index is 0.413. The second kappa shape index (κ2) is 21.6. The smallest absolute Gasteiger partial charge is 0.0717 e. The van der Waals surface area contributed by atoms with E-state index in [0.717, 1.165) is 38.5 Å². The van der Waals surface area contributed by atoms with E-state index in [1.807, 2.05) is 45.9 Å². The highest BCUT2D eigenvalue weighted by molar-refractivity contribution is 5.92. The van der Waals surface area contributed by atoms with Gasteiger partial charge in [0.2, 0.25) is 0 Å². The van der Waals surface area contributed by atoms with Gasteiger partial charge in [-0.2, -0.15) is 0 Å². The predicted molar refractivity (Wildman–Crippen MR) is 117 cm³/mol. The number of likely N-dealkylation sites (N-methyl/N-ethyl adjacent to an activating group) is 1. The van der Waals surface area contributed by atoms with Gasteiger partial charge >= 0.3 is 0 Å². The van der Waals surface area contributed by atoms with E-state index in [-0.39, 0.29) is 0 Å². The molecular weight excluding hydrogens is 322 g/mol. The molecule has 0 bridgehead atoms. The third-order valence-corrected chi connectivity index (χ3v) is 3.14. The number of hydrogen-bond acceptors (Lipinski definition) is 4. The van der Waals surface area contributed by atoms with Crippen molar-refractivity contribution in [2.45, 2.75) is 48.1 Å². The number of nitrogens with two attached hydrogens (primary N) is 1. The number of hydrogen-bond donors (Lipinski definition) is 2. The summed E-state index contributed by atoms with van der Waals surface area (Å²) in [6.45, 7) is 17.3. The molecule has 0 saturated carbocycles. The Morgan fingerprint density at radius 1 is 1.23 bits per heavy atom. The Hall–Kier alpha value is -1.49. The Kier molecular flexibility index (Phi) is 22.2. The maximum atomic E-state index is 5.68. The zero-order valence-corrected chi connectivity index (χ0v) is 17.8. The molecule has 0 saturated heterocycles. The third-order valence-electron chi connectivity index (χ3n) is 3.14. The van der Waals surface area contributed by atoms with Crippen LogP contribution in [-0.2, 0) is 11.3 Å². The van der Waals surface area contributed by atoms with Gasteiger partial charge in [0.25, 0.3) is 0 Å². The van der Waals surface area contributed by atoms with Gasteiger partial charge in [-0.15, -0.1) is 0 Å². The Morgan fingerprint density at radius 2 is 1.88 bits per heavy atom. The maximum Gasteiger partial charge on any atom is 0.0717 e. The van der Waals surface area contributed by atoms with Crippen LogP contribution in [0.2, 0.25) is 0 Å². The normalized spacial score (nSPS) is 12.0. The first-order valence-electron chi connectivity index (χ1n) is 9.85. The number of allylic oxidation sites excluding steroid dienone is 1. The second-order valence-corrected chi connectivity index (χ2v) is 5.60. The molecule has 3 N–H and O–H groups in total. The Labute approximate surface area is 161 Å². The number of rotatable bonds is 10.